The van der Waals surface area contributed by atoms with E-state index in [1.165, 1.54) is 36.2 Å². The quantitative estimate of drug-likeness (QED) is 0.824. The van der Waals surface area contributed by atoms with Gasteiger partial charge >= 0.3 is 0 Å². The van der Waals surface area contributed by atoms with Crippen molar-refractivity contribution in [3.05, 3.63) is 17.0 Å². The molecule has 0 aromatic carbocycles. The highest BCUT2D eigenvalue weighted by atomic mass is 15.3. The Labute approximate surface area is 98.2 Å². The Balaban J connectivity index is 2.05. The van der Waals surface area contributed by atoms with Crippen LogP contribution in [0.2, 0.25) is 0 Å². The van der Waals surface area contributed by atoms with Crippen LogP contribution in [0.1, 0.15) is 36.2 Å². The highest BCUT2D eigenvalue weighted by Gasteiger charge is 2.25. The van der Waals surface area contributed by atoms with Crippen LogP contribution >= 0.6 is 0 Å². The van der Waals surface area contributed by atoms with Crippen molar-refractivity contribution < 1.29 is 0 Å². The molecule has 0 radical (unpaired) electrons. The van der Waals surface area contributed by atoms with Crippen LogP contribution < -0.4 is 5.32 Å². The fraction of sp³-hybridized carbons (Fsp3) is 0.769. The number of nitrogens with zero attached hydrogens (tertiary/aromatic N) is 2. The fourth-order valence-corrected chi connectivity index (χ4v) is 2.42. The average Bonchev–Trinajstić information content (AvgIpc) is 3.02. The van der Waals surface area contributed by atoms with Gasteiger partial charge < -0.3 is 5.32 Å². The number of rotatable bonds is 5. The molecule has 1 aromatic heterocycles. The molecular weight excluding hydrogens is 198 g/mol. The molecule has 90 valence electrons. The molecule has 1 unspecified atom stereocenters. The molecular formula is C13H23N3. The zero-order valence-corrected chi connectivity index (χ0v) is 10.9. The van der Waals surface area contributed by atoms with Gasteiger partial charge in [0.1, 0.15) is 0 Å². The minimum Gasteiger partial charge on any atom is -0.317 e. The van der Waals surface area contributed by atoms with Crippen molar-refractivity contribution in [3.8, 4) is 0 Å². The van der Waals surface area contributed by atoms with Gasteiger partial charge in [-0.1, -0.05) is 12.8 Å². The third kappa shape index (κ3) is 2.46. The summed E-state index contributed by atoms with van der Waals surface area (Å²) in [7, 11) is 4.11. The smallest absolute Gasteiger partial charge is 0.0628 e. The molecule has 1 aliphatic rings. The Morgan fingerprint density at radius 2 is 2.12 bits per heavy atom. The largest absolute Gasteiger partial charge is 0.317 e. The molecule has 1 aliphatic carbocycles. The van der Waals surface area contributed by atoms with E-state index in [2.05, 4.69) is 31.3 Å². The number of likely N-dealkylation sites (N-methyl/N-ethyl adjacent to an activating group) is 1. The molecule has 1 saturated carbocycles. The molecule has 0 spiro atoms. The van der Waals surface area contributed by atoms with E-state index in [-0.39, 0.29) is 0 Å². The van der Waals surface area contributed by atoms with E-state index >= 15 is 0 Å². The molecule has 16 heavy (non-hydrogen) atoms. The van der Waals surface area contributed by atoms with Crippen LogP contribution in [0.5, 0.6) is 0 Å². The van der Waals surface area contributed by atoms with Crippen molar-refractivity contribution in [2.75, 3.05) is 7.05 Å². The van der Waals surface area contributed by atoms with Crippen molar-refractivity contribution in [2.24, 2.45) is 13.0 Å². The van der Waals surface area contributed by atoms with Crippen LogP contribution in [-0.2, 0) is 13.5 Å². The summed E-state index contributed by atoms with van der Waals surface area (Å²) in [4.78, 5) is 0. The summed E-state index contributed by atoms with van der Waals surface area (Å²) in [5.74, 6) is 0.981. The van der Waals surface area contributed by atoms with Gasteiger partial charge in [-0.2, -0.15) is 5.10 Å². The molecule has 1 fully saturated rings. The topological polar surface area (TPSA) is 29.9 Å². The van der Waals surface area contributed by atoms with Crippen LogP contribution in [0.15, 0.2) is 0 Å². The summed E-state index contributed by atoms with van der Waals surface area (Å²) >= 11 is 0. The lowest BCUT2D eigenvalue weighted by Crippen LogP contribution is -2.28. The maximum absolute atomic E-state index is 4.48. The van der Waals surface area contributed by atoms with E-state index in [0.29, 0.717) is 6.04 Å². The first-order chi connectivity index (χ1) is 7.61. The first-order valence-electron chi connectivity index (χ1n) is 6.28. The van der Waals surface area contributed by atoms with Crippen molar-refractivity contribution >= 4 is 0 Å². The van der Waals surface area contributed by atoms with Gasteiger partial charge in [-0.3, -0.25) is 4.68 Å². The van der Waals surface area contributed by atoms with E-state index < -0.39 is 0 Å². The Bertz CT molecular complexity index is 363. The monoisotopic (exact) mass is 221 g/mol. The maximum Gasteiger partial charge on any atom is 0.0628 e. The summed E-state index contributed by atoms with van der Waals surface area (Å²) in [6, 6.07) is 0.620. The molecule has 1 N–H and O–H groups in total. The molecule has 1 atom stereocenters. The van der Waals surface area contributed by atoms with Gasteiger partial charge in [0, 0.05) is 18.8 Å². The lowest BCUT2D eigenvalue weighted by molar-refractivity contribution is 0.489. The van der Waals surface area contributed by atoms with Crippen molar-refractivity contribution in [1.82, 2.24) is 15.1 Å². The second-order valence-electron chi connectivity index (χ2n) is 5.14. The molecule has 0 saturated heterocycles. The van der Waals surface area contributed by atoms with Crippen LogP contribution in [0.3, 0.4) is 0 Å². The highest BCUT2D eigenvalue weighted by molar-refractivity contribution is 5.25. The van der Waals surface area contributed by atoms with E-state index in [9.17, 15) is 0 Å². The third-order valence-corrected chi connectivity index (χ3v) is 3.83. The molecule has 1 aromatic rings. The van der Waals surface area contributed by atoms with Gasteiger partial charge in [0.15, 0.2) is 0 Å². The Morgan fingerprint density at radius 1 is 1.44 bits per heavy atom. The summed E-state index contributed by atoms with van der Waals surface area (Å²) in [5.41, 5.74) is 3.94. The standard InChI is InChI=1S/C13H23N3/c1-9-13(10(2)16(4)15-9)8-12(14-3)7-11-5-6-11/h11-12,14H,5-8H2,1-4H3. The zero-order valence-electron chi connectivity index (χ0n) is 10.9. The number of aryl methyl sites for hydroxylation is 2. The number of hydrogen-bond donors (Lipinski definition) is 1. The summed E-state index contributed by atoms with van der Waals surface area (Å²) < 4.78 is 1.99. The van der Waals surface area contributed by atoms with Gasteiger partial charge in [-0.15, -0.1) is 0 Å². The predicted octanol–water partition coefficient (Wildman–Crippen LogP) is 1.97. The molecule has 3 heteroatoms. The van der Waals surface area contributed by atoms with Gasteiger partial charge in [-0.25, -0.2) is 0 Å². The normalized spacial score (nSPS) is 17.8. The second-order valence-corrected chi connectivity index (χ2v) is 5.14. The molecule has 3 nitrogen and oxygen atoms in total. The first-order valence-corrected chi connectivity index (χ1v) is 6.28. The van der Waals surface area contributed by atoms with E-state index in [0.717, 1.165) is 12.3 Å². The Kier molecular flexibility index (Phi) is 3.33. The average molecular weight is 221 g/mol. The first kappa shape index (κ1) is 11.6. The van der Waals surface area contributed by atoms with Crippen molar-refractivity contribution in [1.29, 1.82) is 0 Å². The van der Waals surface area contributed by atoms with Gasteiger partial charge in [0.2, 0.25) is 0 Å². The maximum atomic E-state index is 4.48. The van der Waals surface area contributed by atoms with Crippen LogP contribution in [0.4, 0.5) is 0 Å². The van der Waals surface area contributed by atoms with Crippen LogP contribution in [0.25, 0.3) is 0 Å². The fourth-order valence-electron chi connectivity index (χ4n) is 2.42. The summed E-state index contributed by atoms with van der Waals surface area (Å²) in [5, 5.41) is 7.93. The minimum atomic E-state index is 0.620. The SMILES string of the molecule is CNC(Cc1c(C)nn(C)c1C)CC1CC1. The van der Waals surface area contributed by atoms with E-state index in [1.807, 2.05) is 11.7 Å². The Morgan fingerprint density at radius 3 is 2.56 bits per heavy atom. The van der Waals surface area contributed by atoms with E-state index in [4.69, 9.17) is 0 Å². The zero-order chi connectivity index (χ0) is 11.7. The van der Waals surface area contributed by atoms with Crippen LogP contribution in [0, 0.1) is 19.8 Å². The molecule has 0 bridgehead atoms. The van der Waals surface area contributed by atoms with Crippen molar-refractivity contribution in [2.45, 2.75) is 45.6 Å². The number of hydrogen-bond acceptors (Lipinski definition) is 2. The molecule has 1 heterocycles. The lowest BCUT2D eigenvalue weighted by Gasteiger charge is -2.16. The number of aromatic nitrogens is 2. The lowest BCUT2D eigenvalue weighted by atomic mass is 10.00. The highest BCUT2D eigenvalue weighted by Crippen LogP contribution is 2.34. The summed E-state index contributed by atoms with van der Waals surface area (Å²) in [6.45, 7) is 4.28. The second kappa shape index (κ2) is 4.58. The molecule has 0 amide bonds. The van der Waals surface area contributed by atoms with Gasteiger partial charge in [0.25, 0.3) is 0 Å². The van der Waals surface area contributed by atoms with Gasteiger partial charge in [-0.05, 0) is 45.2 Å². The number of nitrogens with one attached hydrogen (secondary N) is 1. The van der Waals surface area contributed by atoms with Crippen LogP contribution in [-0.4, -0.2) is 22.9 Å². The predicted molar refractivity (Wildman–Crippen MR) is 66.6 cm³/mol. The Hall–Kier alpha value is -0.830. The van der Waals surface area contributed by atoms with Crippen molar-refractivity contribution in [3.63, 3.8) is 0 Å². The molecule has 0 aliphatic heterocycles. The minimum absolute atomic E-state index is 0.620. The third-order valence-electron chi connectivity index (χ3n) is 3.83. The van der Waals surface area contributed by atoms with E-state index in [1.54, 1.807) is 0 Å². The summed E-state index contributed by atoms with van der Waals surface area (Å²) in [6.07, 6.45) is 5.31. The molecule has 2 rings (SSSR count). The van der Waals surface area contributed by atoms with Gasteiger partial charge in [0.05, 0.1) is 5.69 Å².